The second kappa shape index (κ2) is 6.37. The number of hydrogen-bond donors (Lipinski definition) is 0. The number of ketones is 1. The van der Waals surface area contributed by atoms with Crippen LogP contribution in [0.25, 0.3) is 0 Å². The van der Waals surface area contributed by atoms with Crippen molar-refractivity contribution in [3.63, 3.8) is 0 Å². The largest absolute Gasteiger partial charge is 0.338 e. The Bertz CT molecular complexity index is 525. The van der Waals surface area contributed by atoms with Gasteiger partial charge < -0.3 is 4.90 Å². The van der Waals surface area contributed by atoms with Crippen LogP contribution in [0, 0.1) is 0 Å². The summed E-state index contributed by atoms with van der Waals surface area (Å²) in [6, 6.07) is 0. The summed E-state index contributed by atoms with van der Waals surface area (Å²) in [5.74, 6) is 3.55. The fourth-order valence-corrected chi connectivity index (χ4v) is 2.44. The number of nitrogens with zero attached hydrogens (tertiary/aromatic N) is 4. The first-order valence-corrected chi connectivity index (χ1v) is 7.52. The molecule has 114 valence electrons. The maximum Gasteiger partial charge on any atom is 0.233 e. The highest BCUT2D eigenvalue weighted by Gasteiger charge is 2.27. The number of allylic oxidation sites excluding steroid dienone is 2. The average Bonchev–Trinajstić information content (AvgIpc) is 2.71. The molecule has 21 heavy (non-hydrogen) atoms. The summed E-state index contributed by atoms with van der Waals surface area (Å²) in [7, 11) is 0. The summed E-state index contributed by atoms with van der Waals surface area (Å²) < 4.78 is 0. The zero-order valence-electron chi connectivity index (χ0n) is 13.4. The maximum absolute atomic E-state index is 11.7. The lowest BCUT2D eigenvalue weighted by molar-refractivity contribution is -0.114. The van der Waals surface area contributed by atoms with E-state index < -0.39 is 0 Å². The van der Waals surface area contributed by atoms with Crippen molar-refractivity contribution in [2.45, 2.75) is 39.7 Å². The molecule has 0 radical (unpaired) electrons. The van der Waals surface area contributed by atoms with E-state index in [1.807, 2.05) is 6.92 Å². The molecule has 5 nitrogen and oxygen atoms in total. The number of carbonyl (C=O) groups excluding carboxylic acids is 1. The number of aliphatic imine (C=N–C) groups is 2. The monoisotopic (exact) mass is 288 g/mol. The molecular weight excluding hydrogens is 264 g/mol. The zero-order chi connectivity index (χ0) is 15.5. The van der Waals surface area contributed by atoms with E-state index in [1.165, 1.54) is 0 Å². The minimum Gasteiger partial charge on any atom is -0.338 e. The van der Waals surface area contributed by atoms with Gasteiger partial charge in [0.25, 0.3) is 0 Å². The van der Waals surface area contributed by atoms with Crippen LogP contribution in [0.4, 0.5) is 0 Å². The van der Waals surface area contributed by atoms with Crippen LogP contribution in [0.15, 0.2) is 27.8 Å². The minimum atomic E-state index is 0.0697. The van der Waals surface area contributed by atoms with Gasteiger partial charge in [-0.05, 0) is 26.6 Å². The number of piperazine rings is 1. The van der Waals surface area contributed by atoms with E-state index in [2.05, 4.69) is 46.4 Å². The van der Waals surface area contributed by atoms with E-state index in [1.54, 1.807) is 12.3 Å². The van der Waals surface area contributed by atoms with Crippen molar-refractivity contribution in [3.8, 4) is 0 Å². The predicted octanol–water partition coefficient (Wildman–Crippen LogP) is 1.86. The molecular formula is C16H24N4O. The van der Waals surface area contributed by atoms with Gasteiger partial charge in [-0.2, -0.15) is 4.99 Å². The molecule has 0 bridgehead atoms. The summed E-state index contributed by atoms with van der Waals surface area (Å²) in [6.07, 6.45) is 3.70. The van der Waals surface area contributed by atoms with Gasteiger partial charge in [0.15, 0.2) is 5.78 Å². The number of hydrogen-bond acceptors (Lipinski definition) is 5. The van der Waals surface area contributed by atoms with E-state index in [0.29, 0.717) is 18.0 Å². The number of guanidine groups is 1. The summed E-state index contributed by atoms with van der Waals surface area (Å²) in [4.78, 5) is 24.9. The van der Waals surface area contributed by atoms with E-state index in [0.717, 1.165) is 26.2 Å². The molecule has 0 aromatic heterocycles. The molecule has 0 unspecified atom stereocenters. The molecule has 5 heteroatoms. The second-order valence-corrected chi connectivity index (χ2v) is 6.32. The van der Waals surface area contributed by atoms with Crippen molar-refractivity contribution in [3.05, 3.63) is 17.8 Å². The molecule has 2 heterocycles. The van der Waals surface area contributed by atoms with E-state index in [4.69, 9.17) is 0 Å². The highest BCUT2D eigenvalue weighted by Crippen LogP contribution is 2.16. The topological polar surface area (TPSA) is 48.3 Å². The molecule has 0 spiro atoms. The minimum absolute atomic E-state index is 0.0697. The van der Waals surface area contributed by atoms with Crippen LogP contribution in [0.5, 0.6) is 0 Å². The highest BCUT2D eigenvalue weighted by molar-refractivity contribution is 6.01. The Morgan fingerprint density at radius 1 is 1.29 bits per heavy atom. The van der Waals surface area contributed by atoms with Crippen molar-refractivity contribution >= 4 is 17.6 Å². The van der Waals surface area contributed by atoms with E-state index in [9.17, 15) is 4.79 Å². The van der Waals surface area contributed by atoms with Gasteiger partial charge in [-0.15, -0.1) is 0 Å². The molecule has 2 aliphatic heterocycles. The van der Waals surface area contributed by atoms with Gasteiger partial charge in [0.05, 0.1) is 0 Å². The zero-order valence-corrected chi connectivity index (χ0v) is 13.4. The molecule has 0 atom stereocenters. The predicted molar refractivity (Wildman–Crippen MR) is 85.7 cm³/mol. The highest BCUT2D eigenvalue weighted by atomic mass is 16.1. The van der Waals surface area contributed by atoms with Crippen LogP contribution in [-0.2, 0) is 4.79 Å². The average molecular weight is 288 g/mol. The molecule has 1 saturated heterocycles. The van der Waals surface area contributed by atoms with Gasteiger partial charge in [0.2, 0.25) is 5.96 Å². The standard InChI is InChI=1S/C16H24N4O/c1-5-14(21)13-6-7-17-15(18-12-13)19-8-10-20(11-9-19)16(2,3)4/h6,12H,5,8-11H2,1-4H3. The third-order valence-electron chi connectivity index (χ3n) is 3.86. The van der Waals surface area contributed by atoms with Gasteiger partial charge in [0, 0.05) is 56.0 Å². The number of rotatable bonds is 2. The van der Waals surface area contributed by atoms with Gasteiger partial charge in [-0.1, -0.05) is 6.92 Å². The van der Waals surface area contributed by atoms with E-state index in [-0.39, 0.29) is 11.3 Å². The molecule has 0 aliphatic carbocycles. The first-order chi connectivity index (χ1) is 9.91. The Kier molecular flexibility index (Phi) is 4.76. The Morgan fingerprint density at radius 2 is 1.95 bits per heavy atom. The van der Waals surface area contributed by atoms with Crippen LogP contribution in [0.1, 0.15) is 34.1 Å². The summed E-state index contributed by atoms with van der Waals surface area (Å²) in [5.41, 5.74) is 0.769. The summed E-state index contributed by atoms with van der Waals surface area (Å²) in [6.45, 7) is 12.3. The second-order valence-electron chi connectivity index (χ2n) is 6.32. The van der Waals surface area contributed by atoms with Crippen molar-refractivity contribution in [1.82, 2.24) is 9.80 Å². The molecule has 0 amide bonds. The smallest absolute Gasteiger partial charge is 0.233 e. The maximum atomic E-state index is 11.7. The lowest BCUT2D eigenvalue weighted by Gasteiger charge is -2.42. The number of Topliss-reactive ketones (excluding diaryl/α,β-unsaturated/α-hetero) is 1. The van der Waals surface area contributed by atoms with Crippen molar-refractivity contribution in [2.75, 3.05) is 26.2 Å². The van der Waals surface area contributed by atoms with Crippen molar-refractivity contribution in [2.24, 2.45) is 9.98 Å². The Hall–Kier alpha value is -1.71. The fraction of sp³-hybridized carbons (Fsp3) is 0.625. The molecule has 1 fully saturated rings. The first-order valence-electron chi connectivity index (χ1n) is 7.52. The molecule has 0 saturated carbocycles. The van der Waals surface area contributed by atoms with Gasteiger partial charge >= 0.3 is 0 Å². The third kappa shape index (κ3) is 3.90. The van der Waals surface area contributed by atoms with Crippen LogP contribution >= 0.6 is 0 Å². The molecule has 0 N–H and O–H groups in total. The lowest BCUT2D eigenvalue weighted by atomic mass is 10.1. The summed E-state index contributed by atoms with van der Waals surface area (Å²) >= 11 is 0. The molecule has 0 aromatic carbocycles. The number of carbonyl (C=O) groups is 1. The van der Waals surface area contributed by atoms with Crippen LogP contribution in [-0.4, -0.2) is 59.1 Å². The van der Waals surface area contributed by atoms with Gasteiger partial charge in [0.1, 0.15) is 0 Å². The SMILES string of the molecule is CCC(=O)C1=CN=C(N2CCN(C(C)(C)C)CC2)N=C=C1. The van der Waals surface area contributed by atoms with Gasteiger partial charge in [-0.25, -0.2) is 4.99 Å². The lowest BCUT2D eigenvalue weighted by Crippen LogP contribution is -2.54. The third-order valence-corrected chi connectivity index (χ3v) is 3.86. The normalized spacial score (nSPS) is 20.1. The summed E-state index contributed by atoms with van der Waals surface area (Å²) in [5, 5.41) is 0. The van der Waals surface area contributed by atoms with Crippen LogP contribution in [0.3, 0.4) is 0 Å². The van der Waals surface area contributed by atoms with E-state index >= 15 is 0 Å². The Balaban J connectivity index is 2.05. The molecule has 2 rings (SSSR count). The first kappa shape index (κ1) is 15.7. The molecule has 0 aromatic rings. The quantitative estimate of drug-likeness (QED) is 0.779. The van der Waals surface area contributed by atoms with Gasteiger partial charge in [-0.3, -0.25) is 9.69 Å². The van der Waals surface area contributed by atoms with Crippen molar-refractivity contribution < 1.29 is 4.79 Å². The Labute approximate surface area is 126 Å². The fourth-order valence-electron chi connectivity index (χ4n) is 2.44. The van der Waals surface area contributed by atoms with Crippen molar-refractivity contribution in [1.29, 1.82) is 0 Å². The Morgan fingerprint density at radius 3 is 2.52 bits per heavy atom. The van der Waals surface area contributed by atoms with Crippen LogP contribution < -0.4 is 0 Å². The molecule has 2 aliphatic rings. The van der Waals surface area contributed by atoms with Crippen LogP contribution in [0.2, 0.25) is 0 Å².